The molecular weight excluding hydrogens is 330 g/mol. The quantitative estimate of drug-likeness (QED) is 0.801. The summed E-state index contributed by atoms with van der Waals surface area (Å²) in [5.41, 5.74) is 0.804. The van der Waals surface area contributed by atoms with Crippen LogP contribution in [0.5, 0.6) is 5.75 Å². The van der Waals surface area contributed by atoms with Gasteiger partial charge < -0.3 is 14.5 Å². The van der Waals surface area contributed by atoms with Gasteiger partial charge in [0.1, 0.15) is 10.6 Å². The number of rotatable bonds is 6. The molecule has 1 aliphatic heterocycles. The Bertz CT molecular complexity index is 683. The van der Waals surface area contributed by atoms with Gasteiger partial charge in [-0.2, -0.15) is 0 Å². The zero-order chi connectivity index (χ0) is 17.7. The molecule has 0 spiro atoms. The molecule has 1 aliphatic rings. The van der Waals surface area contributed by atoms with E-state index in [1.54, 1.807) is 24.0 Å². The summed E-state index contributed by atoms with van der Waals surface area (Å²) in [7, 11) is -2.39. The Labute approximate surface area is 143 Å². The van der Waals surface area contributed by atoms with Crippen molar-refractivity contribution in [1.82, 2.24) is 14.5 Å². The van der Waals surface area contributed by atoms with Crippen molar-refractivity contribution in [3.8, 4) is 5.75 Å². The number of aryl methyl sites for hydroxylation is 1. The van der Waals surface area contributed by atoms with Gasteiger partial charge in [0, 0.05) is 26.2 Å². The summed E-state index contributed by atoms with van der Waals surface area (Å²) in [6.45, 7) is 7.50. The van der Waals surface area contributed by atoms with Gasteiger partial charge in [-0.3, -0.25) is 4.79 Å². The van der Waals surface area contributed by atoms with E-state index in [4.69, 9.17) is 4.74 Å². The number of likely N-dealkylation sites (N-methyl/N-ethyl adjacent to an activating group) is 1. The molecule has 0 aliphatic carbocycles. The molecular formula is C16H25N3O4S. The van der Waals surface area contributed by atoms with Crippen molar-refractivity contribution in [2.45, 2.75) is 18.7 Å². The molecule has 0 bridgehead atoms. The Morgan fingerprint density at radius 2 is 1.92 bits per heavy atom. The summed E-state index contributed by atoms with van der Waals surface area (Å²) in [4.78, 5) is 16.2. The lowest BCUT2D eigenvalue weighted by Crippen LogP contribution is -2.51. The molecule has 1 heterocycles. The molecule has 8 heteroatoms. The molecule has 1 fully saturated rings. The number of benzene rings is 1. The number of methoxy groups -OCH3 is 1. The molecule has 0 aromatic heterocycles. The normalized spacial score (nSPS) is 16.2. The summed E-state index contributed by atoms with van der Waals surface area (Å²) in [5.74, 6) is 0.0538. The fourth-order valence-corrected chi connectivity index (χ4v) is 3.88. The Balaban J connectivity index is 2.00. The van der Waals surface area contributed by atoms with Crippen molar-refractivity contribution in [2.24, 2.45) is 0 Å². The Hall–Kier alpha value is -1.64. The fourth-order valence-electron chi connectivity index (χ4n) is 2.65. The largest absolute Gasteiger partial charge is 0.495 e. The lowest BCUT2D eigenvalue weighted by Gasteiger charge is -2.34. The maximum absolute atomic E-state index is 12.5. The molecule has 0 saturated carbocycles. The Morgan fingerprint density at radius 1 is 1.25 bits per heavy atom. The summed E-state index contributed by atoms with van der Waals surface area (Å²) < 4.78 is 32.5. The van der Waals surface area contributed by atoms with Crippen LogP contribution in [0.4, 0.5) is 0 Å². The fraction of sp³-hybridized carbons (Fsp3) is 0.562. The summed E-state index contributed by atoms with van der Waals surface area (Å²) in [5, 5.41) is 0. The van der Waals surface area contributed by atoms with Gasteiger partial charge in [0.15, 0.2) is 0 Å². The van der Waals surface area contributed by atoms with Crippen LogP contribution in [-0.2, 0) is 14.8 Å². The van der Waals surface area contributed by atoms with Gasteiger partial charge in [-0.15, -0.1) is 0 Å². The van der Waals surface area contributed by atoms with E-state index in [1.807, 2.05) is 0 Å². The van der Waals surface area contributed by atoms with Crippen molar-refractivity contribution in [2.75, 3.05) is 46.4 Å². The van der Waals surface area contributed by atoms with Crippen molar-refractivity contribution < 1.29 is 17.9 Å². The second-order valence-corrected chi connectivity index (χ2v) is 7.53. The number of hydrogen-bond donors (Lipinski definition) is 1. The minimum atomic E-state index is -3.81. The van der Waals surface area contributed by atoms with Crippen LogP contribution in [0, 0.1) is 6.92 Å². The van der Waals surface area contributed by atoms with Crippen LogP contribution in [-0.4, -0.2) is 70.5 Å². The van der Waals surface area contributed by atoms with E-state index in [2.05, 4.69) is 16.5 Å². The van der Waals surface area contributed by atoms with Crippen LogP contribution in [0.2, 0.25) is 0 Å². The Kier molecular flexibility index (Phi) is 6.20. The highest BCUT2D eigenvalue weighted by Crippen LogP contribution is 2.24. The molecule has 0 radical (unpaired) electrons. The van der Waals surface area contributed by atoms with Gasteiger partial charge in [0.2, 0.25) is 15.9 Å². The molecule has 1 saturated heterocycles. The van der Waals surface area contributed by atoms with E-state index < -0.39 is 10.0 Å². The highest BCUT2D eigenvalue weighted by molar-refractivity contribution is 7.89. The molecule has 1 N–H and O–H groups in total. The van der Waals surface area contributed by atoms with E-state index in [1.165, 1.54) is 13.2 Å². The third kappa shape index (κ3) is 4.46. The Morgan fingerprint density at radius 3 is 2.50 bits per heavy atom. The number of ether oxygens (including phenoxy) is 1. The molecule has 7 nitrogen and oxygen atoms in total. The minimum Gasteiger partial charge on any atom is -0.495 e. The number of piperazine rings is 1. The average Bonchev–Trinajstić information content (AvgIpc) is 2.59. The SMILES string of the molecule is CCN1CCN(C(=O)CNS(=O)(=O)c2cc(C)ccc2OC)CC1. The van der Waals surface area contributed by atoms with Crippen molar-refractivity contribution >= 4 is 15.9 Å². The van der Waals surface area contributed by atoms with Crippen molar-refractivity contribution in [1.29, 1.82) is 0 Å². The first kappa shape index (κ1) is 18.7. The van der Waals surface area contributed by atoms with Gasteiger partial charge in [-0.1, -0.05) is 13.0 Å². The molecule has 1 amide bonds. The molecule has 1 aromatic rings. The molecule has 0 unspecified atom stereocenters. The maximum atomic E-state index is 12.5. The van der Waals surface area contributed by atoms with Crippen molar-refractivity contribution in [3.05, 3.63) is 23.8 Å². The number of nitrogens with one attached hydrogen (secondary N) is 1. The number of hydrogen-bond acceptors (Lipinski definition) is 5. The molecule has 24 heavy (non-hydrogen) atoms. The van der Waals surface area contributed by atoms with Crippen LogP contribution in [0.15, 0.2) is 23.1 Å². The predicted octanol–water partition coefficient (Wildman–Crippen LogP) is 0.446. The number of nitrogens with zero attached hydrogens (tertiary/aromatic N) is 2. The first-order chi connectivity index (χ1) is 11.4. The average molecular weight is 355 g/mol. The lowest BCUT2D eigenvalue weighted by molar-refractivity contribution is -0.131. The van der Waals surface area contributed by atoms with Crippen LogP contribution in [0.25, 0.3) is 0 Å². The molecule has 134 valence electrons. The monoisotopic (exact) mass is 355 g/mol. The van der Waals surface area contributed by atoms with E-state index in [0.29, 0.717) is 13.1 Å². The predicted molar refractivity (Wildman–Crippen MR) is 91.6 cm³/mol. The number of carbonyl (C=O) groups excluding carboxylic acids is 1. The van der Waals surface area contributed by atoms with Gasteiger partial charge in [-0.05, 0) is 31.2 Å². The first-order valence-electron chi connectivity index (χ1n) is 8.02. The molecule has 0 atom stereocenters. The van der Waals surface area contributed by atoms with Gasteiger partial charge >= 0.3 is 0 Å². The van der Waals surface area contributed by atoms with E-state index >= 15 is 0 Å². The second-order valence-electron chi connectivity index (χ2n) is 5.79. The van der Waals surface area contributed by atoms with Gasteiger partial charge in [-0.25, -0.2) is 13.1 Å². The first-order valence-corrected chi connectivity index (χ1v) is 9.50. The summed E-state index contributed by atoms with van der Waals surface area (Å²) in [6, 6.07) is 4.91. The van der Waals surface area contributed by atoms with E-state index in [0.717, 1.165) is 25.2 Å². The van der Waals surface area contributed by atoms with Crippen LogP contribution in [0.1, 0.15) is 12.5 Å². The topological polar surface area (TPSA) is 79.0 Å². The van der Waals surface area contributed by atoms with Gasteiger partial charge in [0.25, 0.3) is 0 Å². The summed E-state index contributed by atoms with van der Waals surface area (Å²) in [6.07, 6.45) is 0. The zero-order valence-corrected chi connectivity index (χ0v) is 15.2. The highest BCUT2D eigenvalue weighted by Gasteiger charge is 2.24. The molecule has 1 aromatic carbocycles. The van der Waals surface area contributed by atoms with Crippen molar-refractivity contribution in [3.63, 3.8) is 0 Å². The smallest absolute Gasteiger partial charge is 0.244 e. The molecule has 2 rings (SSSR count). The minimum absolute atomic E-state index is 0.0496. The third-order valence-electron chi connectivity index (χ3n) is 4.19. The second kappa shape index (κ2) is 7.96. The van der Waals surface area contributed by atoms with Crippen LogP contribution in [0.3, 0.4) is 0 Å². The standard InChI is InChI=1S/C16H25N3O4S/c1-4-18-7-9-19(10-8-18)16(20)12-17-24(21,22)15-11-13(2)5-6-14(15)23-3/h5-6,11,17H,4,7-10,12H2,1-3H3. The number of amides is 1. The van der Waals surface area contributed by atoms with Gasteiger partial charge in [0.05, 0.1) is 13.7 Å². The van der Waals surface area contributed by atoms with Crippen LogP contribution >= 0.6 is 0 Å². The summed E-state index contributed by atoms with van der Waals surface area (Å²) >= 11 is 0. The lowest BCUT2D eigenvalue weighted by atomic mass is 10.2. The highest BCUT2D eigenvalue weighted by atomic mass is 32.2. The van der Waals surface area contributed by atoms with E-state index in [-0.39, 0.29) is 23.1 Å². The maximum Gasteiger partial charge on any atom is 0.244 e. The number of sulfonamides is 1. The zero-order valence-electron chi connectivity index (χ0n) is 14.4. The third-order valence-corrected chi connectivity index (χ3v) is 5.62. The number of carbonyl (C=O) groups is 1. The van der Waals surface area contributed by atoms with E-state index in [9.17, 15) is 13.2 Å². The van der Waals surface area contributed by atoms with Crippen LogP contribution < -0.4 is 9.46 Å².